The smallest absolute Gasteiger partial charge is 0.328 e. The van der Waals surface area contributed by atoms with E-state index in [-0.39, 0.29) is 6.03 Å². The highest BCUT2D eigenvalue weighted by Crippen LogP contribution is 2.38. The Kier molecular flexibility index (Phi) is 7.42. The van der Waals surface area contributed by atoms with Gasteiger partial charge in [0.25, 0.3) is 0 Å². The van der Waals surface area contributed by atoms with Gasteiger partial charge >= 0.3 is 6.03 Å². The molecule has 1 saturated heterocycles. The summed E-state index contributed by atoms with van der Waals surface area (Å²) >= 11 is 1.49. The monoisotopic (exact) mass is 522 g/mol. The van der Waals surface area contributed by atoms with E-state index in [0.29, 0.717) is 43.9 Å². The standard InChI is InChI=1S/C25H30N8O3S/c1-5-31-15-30(4)16-32(25(31)34)24-27-20-13-17(12-18(22(20)37-24)19-10-8-9-11-26-19)33-14-21(28-29-33)23(35-6-2)36-7-3/h8-14,23H,5-7,15-16H2,1-4H3. The molecule has 194 valence electrons. The van der Waals surface area contributed by atoms with Crippen LogP contribution < -0.4 is 4.90 Å². The summed E-state index contributed by atoms with van der Waals surface area (Å²) in [5.74, 6) is 0. The highest BCUT2D eigenvalue weighted by Gasteiger charge is 2.31. The minimum atomic E-state index is -0.586. The summed E-state index contributed by atoms with van der Waals surface area (Å²) in [6, 6.07) is 9.72. The Balaban J connectivity index is 1.60. The van der Waals surface area contributed by atoms with Crippen LogP contribution in [0.15, 0.2) is 42.7 Å². The zero-order valence-electron chi connectivity index (χ0n) is 21.4. The number of carbonyl (C=O) groups is 1. The summed E-state index contributed by atoms with van der Waals surface area (Å²) in [6.45, 7) is 8.49. The Morgan fingerprint density at radius 1 is 1.11 bits per heavy atom. The van der Waals surface area contributed by atoms with E-state index in [1.165, 1.54) is 11.3 Å². The molecule has 0 N–H and O–H groups in total. The highest BCUT2D eigenvalue weighted by molar-refractivity contribution is 7.23. The number of urea groups is 1. The predicted octanol–water partition coefficient (Wildman–Crippen LogP) is 4.12. The first-order chi connectivity index (χ1) is 18.0. The van der Waals surface area contributed by atoms with E-state index in [2.05, 4.69) is 20.2 Å². The Morgan fingerprint density at radius 3 is 2.62 bits per heavy atom. The maximum absolute atomic E-state index is 13.1. The van der Waals surface area contributed by atoms with Gasteiger partial charge in [0.05, 0.1) is 41.1 Å². The van der Waals surface area contributed by atoms with Crippen LogP contribution in [0.25, 0.3) is 27.2 Å². The highest BCUT2D eigenvalue weighted by atomic mass is 32.1. The summed E-state index contributed by atoms with van der Waals surface area (Å²) in [4.78, 5) is 28.2. The second-order valence-electron chi connectivity index (χ2n) is 8.59. The quantitative estimate of drug-likeness (QED) is 0.303. The van der Waals surface area contributed by atoms with Crippen LogP contribution in [0.4, 0.5) is 9.93 Å². The Labute approximate surface area is 219 Å². The van der Waals surface area contributed by atoms with Crippen molar-refractivity contribution in [3.05, 3.63) is 48.4 Å². The van der Waals surface area contributed by atoms with Crippen LogP contribution in [0, 0.1) is 0 Å². The Morgan fingerprint density at radius 2 is 1.92 bits per heavy atom. The van der Waals surface area contributed by atoms with Crippen LogP contribution in [0.2, 0.25) is 0 Å². The molecule has 0 atom stereocenters. The number of benzene rings is 1. The number of thiazole rings is 1. The van der Waals surface area contributed by atoms with Gasteiger partial charge in [0.2, 0.25) is 6.29 Å². The third-order valence-electron chi connectivity index (χ3n) is 5.97. The van der Waals surface area contributed by atoms with Crippen molar-refractivity contribution in [3.8, 4) is 16.9 Å². The van der Waals surface area contributed by atoms with Gasteiger partial charge in [0.15, 0.2) is 5.13 Å². The SMILES string of the molecule is CCOC(OCC)c1cn(-c2cc(-c3ccccn3)c3sc(N4CN(C)CN(CC)C4=O)nc3c2)nn1. The second kappa shape index (κ2) is 10.9. The van der Waals surface area contributed by atoms with E-state index in [4.69, 9.17) is 14.5 Å². The number of aromatic nitrogens is 5. The first-order valence-electron chi connectivity index (χ1n) is 12.3. The number of pyridine rings is 1. The van der Waals surface area contributed by atoms with E-state index in [1.807, 2.05) is 58.2 Å². The van der Waals surface area contributed by atoms with Gasteiger partial charge in [-0.2, -0.15) is 0 Å². The lowest BCUT2D eigenvalue weighted by Crippen LogP contribution is -2.56. The van der Waals surface area contributed by atoms with Crippen LogP contribution in [0.3, 0.4) is 0 Å². The molecule has 0 aliphatic carbocycles. The summed E-state index contributed by atoms with van der Waals surface area (Å²) in [6.07, 6.45) is 2.98. The van der Waals surface area contributed by atoms with Gasteiger partial charge in [-0.05, 0) is 52.1 Å². The van der Waals surface area contributed by atoms with Crippen molar-refractivity contribution >= 4 is 32.7 Å². The van der Waals surface area contributed by atoms with Crippen LogP contribution >= 0.6 is 11.3 Å². The first-order valence-corrected chi connectivity index (χ1v) is 13.1. The van der Waals surface area contributed by atoms with E-state index in [0.717, 1.165) is 27.2 Å². The number of hydrogen-bond donors (Lipinski definition) is 0. The molecule has 0 radical (unpaired) electrons. The zero-order chi connectivity index (χ0) is 25.9. The second-order valence-corrected chi connectivity index (χ2v) is 9.57. The third kappa shape index (κ3) is 5.05. The van der Waals surface area contributed by atoms with Crippen molar-refractivity contribution in [2.75, 3.05) is 45.0 Å². The van der Waals surface area contributed by atoms with Crippen molar-refractivity contribution in [2.45, 2.75) is 27.1 Å². The van der Waals surface area contributed by atoms with Crippen molar-refractivity contribution < 1.29 is 14.3 Å². The number of carbonyl (C=O) groups excluding carboxylic acids is 1. The fourth-order valence-electron chi connectivity index (χ4n) is 4.25. The molecule has 0 bridgehead atoms. The topological polar surface area (TPSA) is 102 Å². The number of fused-ring (bicyclic) bond motifs is 1. The van der Waals surface area contributed by atoms with E-state index in [9.17, 15) is 4.79 Å². The first kappa shape index (κ1) is 25.2. The van der Waals surface area contributed by atoms with Crippen molar-refractivity contribution in [3.63, 3.8) is 0 Å². The van der Waals surface area contributed by atoms with Crippen molar-refractivity contribution in [1.82, 2.24) is 34.8 Å². The molecule has 11 nitrogen and oxygen atoms in total. The fraction of sp³-hybridized carbons (Fsp3) is 0.400. The molecule has 1 fully saturated rings. The van der Waals surface area contributed by atoms with Gasteiger partial charge in [-0.1, -0.05) is 22.6 Å². The van der Waals surface area contributed by atoms with Gasteiger partial charge in [-0.15, -0.1) is 5.10 Å². The molecule has 1 aliphatic rings. The molecule has 12 heteroatoms. The van der Waals surface area contributed by atoms with Crippen molar-refractivity contribution in [2.24, 2.45) is 0 Å². The maximum Gasteiger partial charge on any atom is 0.328 e. The van der Waals surface area contributed by atoms with Gasteiger partial charge in [-0.3, -0.25) is 14.8 Å². The van der Waals surface area contributed by atoms with E-state index in [1.54, 1.807) is 26.9 Å². The number of anilines is 1. The molecule has 1 aliphatic heterocycles. The minimum absolute atomic E-state index is 0.0435. The molecule has 0 unspecified atom stereocenters. The Hall–Kier alpha value is -3.45. The van der Waals surface area contributed by atoms with Crippen LogP contribution in [-0.4, -0.2) is 80.9 Å². The molecule has 4 heterocycles. The summed E-state index contributed by atoms with van der Waals surface area (Å²) in [7, 11) is 1.99. The normalized spacial score (nSPS) is 14.9. The number of nitrogens with zero attached hydrogens (tertiary/aromatic N) is 8. The fourth-order valence-corrected chi connectivity index (χ4v) is 5.30. The minimum Gasteiger partial charge on any atom is -0.347 e. The molecular weight excluding hydrogens is 492 g/mol. The average molecular weight is 523 g/mol. The largest absolute Gasteiger partial charge is 0.347 e. The van der Waals surface area contributed by atoms with Crippen LogP contribution in [0.1, 0.15) is 32.8 Å². The van der Waals surface area contributed by atoms with E-state index >= 15 is 0 Å². The number of ether oxygens (including phenoxy) is 2. The molecule has 1 aromatic carbocycles. The van der Waals surface area contributed by atoms with Gasteiger partial charge in [-0.25, -0.2) is 14.5 Å². The van der Waals surface area contributed by atoms with Crippen molar-refractivity contribution in [1.29, 1.82) is 0 Å². The lowest BCUT2D eigenvalue weighted by Gasteiger charge is -2.38. The molecule has 4 aromatic rings. The lowest BCUT2D eigenvalue weighted by atomic mass is 10.1. The lowest BCUT2D eigenvalue weighted by molar-refractivity contribution is -0.142. The number of rotatable bonds is 9. The molecule has 0 spiro atoms. The average Bonchev–Trinajstić information content (AvgIpc) is 3.57. The molecule has 5 rings (SSSR count). The number of amides is 2. The Bertz CT molecular complexity index is 1370. The maximum atomic E-state index is 13.1. The molecular formula is C25H30N8O3S. The van der Waals surface area contributed by atoms with Gasteiger partial charge < -0.3 is 14.4 Å². The van der Waals surface area contributed by atoms with Crippen LogP contribution in [-0.2, 0) is 9.47 Å². The summed E-state index contributed by atoms with van der Waals surface area (Å²) in [5, 5.41) is 9.27. The molecule has 3 aromatic heterocycles. The third-order valence-corrected chi connectivity index (χ3v) is 7.09. The number of hydrogen-bond acceptors (Lipinski definition) is 9. The molecule has 0 saturated carbocycles. The summed E-state index contributed by atoms with van der Waals surface area (Å²) < 4.78 is 14.0. The van der Waals surface area contributed by atoms with E-state index < -0.39 is 6.29 Å². The molecule has 37 heavy (non-hydrogen) atoms. The predicted molar refractivity (Wildman–Crippen MR) is 142 cm³/mol. The van der Waals surface area contributed by atoms with Gasteiger partial charge in [0.1, 0.15) is 5.69 Å². The molecule has 2 amide bonds. The zero-order valence-corrected chi connectivity index (χ0v) is 22.2. The van der Waals surface area contributed by atoms with Gasteiger partial charge in [0, 0.05) is 31.5 Å². The summed E-state index contributed by atoms with van der Waals surface area (Å²) in [5.41, 5.74) is 3.83. The van der Waals surface area contributed by atoms with Crippen LogP contribution in [0.5, 0.6) is 0 Å².